The fourth-order valence-electron chi connectivity index (χ4n) is 2.71. The number of hydrogen-bond acceptors (Lipinski definition) is 3. The molecule has 0 radical (unpaired) electrons. The number of hydrogen-bond donors (Lipinski definition) is 1. The van der Waals surface area contributed by atoms with E-state index in [1.54, 1.807) is 20.3 Å². The van der Waals surface area contributed by atoms with Crippen LogP contribution in [0.4, 0.5) is 0 Å². The number of benzene rings is 2. The van der Waals surface area contributed by atoms with Gasteiger partial charge in [0.1, 0.15) is 11.5 Å². The Morgan fingerprint density at radius 1 is 0.923 bits per heavy atom. The zero-order chi connectivity index (χ0) is 18.4. The summed E-state index contributed by atoms with van der Waals surface area (Å²) in [7, 11) is 3.21. The summed E-state index contributed by atoms with van der Waals surface area (Å²) >= 11 is 0. The van der Waals surface area contributed by atoms with Gasteiger partial charge in [0, 0.05) is 30.7 Å². The molecule has 0 bridgehead atoms. The largest absolute Gasteiger partial charge is 0.497 e. The van der Waals surface area contributed by atoms with E-state index in [9.17, 15) is 4.79 Å². The molecule has 5 heteroatoms. The van der Waals surface area contributed by atoms with Crippen LogP contribution in [-0.4, -0.2) is 24.7 Å². The Hall–Kier alpha value is -3.21. The van der Waals surface area contributed by atoms with Gasteiger partial charge in [-0.1, -0.05) is 12.1 Å². The van der Waals surface area contributed by atoms with Crippen LogP contribution in [0.2, 0.25) is 0 Å². The smallest absolute Gasteiger partial charge is 0.224 e. The van der Waals surface area contributed by atoms with E-state index in [4.69, 9.17) is 9.47 Å². The van der Waals surface area contributed by atoms with E-state index in [0.717, 1.165) is 16.8 Å². The molecule has 5 nitrogen and oxygen atoms in total. The molecule has 26 heavy (non-hydrogen) atoms. The summed E-state index contributed by atoms with van der Waals surface area (Å²) < 4.78 is 12.5. The van der Waals surface area contributed by atoms with Crippen LogP contribution >= 0.6 is 0 Å². The summed E-state index contributed by atoms with van der Waals surface area (Å²) in [5.41, 5.74) is 2.97. The fourth-order valence-corrected chi connectivity index (χ4v) is 2.71. The third-order valence-electron chi connectivity index (χ3n) is 4.10. The molecule has 3 rings (SSSR count). The van der Waals surface area contributed by atoms with Crippen molar-refractivity contribution in [1.29, 1.82) is 0 Å². The maximum atomic E-state index is 12.2. The van der Waals surface area contributed by atoms with Crippen LogP contribution in [0.3, 0.4) is 0 Å². The number of ether oxygens (including phenoxy) is 2. The van der Waals surface area contributed by atoms with Gasteiger partial charge in [0.15, 0.2) is 0 Å². The lowest BCUT2D eigenvalue weighted by atomic mass is 10.1. The first kappa shape index (κ1) is 17.6. The van der Waals surface area contributed by atoms with Gasteiger partial charge in [-0.3, -0.25) is 4.79 Å². The molecule has 1 aromatic heterocycles. The number of nitrogens with zero attached hydrogens (tertiary/aromatic N) is 1. The third-order valence-corrected chi connectivity index (χ3v) is 4.10. The Morgan fingerprint density at radius 3 is 2.12 bits per heavy atom. The molecule has 0 unspecified atom stereocenters. The minimum Gasteiger partial charge on any atom is -0.497 e. The van der Waals surface area contributed by atoms with Gasteiger partial charge in [-0.15, -0.1) is 0 Å². The molecule has 1 N–H and O–H groups in total. The van der Waals surface area contributed by atoms with Gasteiger partial charge >= 0.3 is 0 Å². The van der Waals surface area contributed by atoms with Gasteiger partial charge < -0.3 is 19.4 Å². The number of rotatable bonds is 7. The number of carbonyl (C=O) groups is 1. The highest BCUT2D eigenvalue weighted by Gasteiger charge is 2.06. The van der Waals surface area contributed by atoms with Crippen LogP contribution in [0.15, 0.2) is 67.0 Å². The van der Waals surface area contributed by atoms with Crippen LogP contribution in [0.1, 0.15) is 11.1 Å². The van der Waals surface area contributed by atoms with Gasteiger partial charge in [-0.2, -0.15) is 0 Å². The van der Waals surface area contributed by atoms with Crippen molar-refractivity contribution < 1.29 is 14.3 Å². The SMILES string of the molecule is COc1cc(CNC(=O)Cc2ccc(-n3cccc3)cc2)cc(OC)c1. The lowest BCUT2D eigenvalue weighted by Gasteiger charge is -2.10. The first-order chi connectivity index (χ1) is 12.7. The third kappa shape index (κ3) is 4.45. The van der Waals surface area contributed by atoms with E-state index in [1.807, 2.05) is 65.5 Å². The molecule has 134 valence electrons. The van der Waals surface area contributed by atoms with Crippen molar-refractivity contribution in [3.8, 4) is 17.2 Å². The molecule has 2 aromatic carbocycles. The summed E-state index contributed by atoms with van der Waals surface area (Å²) in [6, 6.07) is 17.5. The van der Waals surface area contributed by atoms with E-state index in [1.165, 1.54) is 0 Å². The first-order valence-corrected chi connectivity index (χ1v) is 8.39. The van der Waals surface area contributed by atoms with Crippen molar-refractivity contribution in [2.45, 2.75) is 13.0 Å². The molecule has 0 saturated carbocycles. The van der Waals surface area contributed by atoms with E-state index in [2.05, 4.69) is 5.32 Å². The van der Waals surface area contributed by atoms with Crippen molar-refractivity contribution >= 4 is 5.91 Å². The van der Waals surface area contributed by atoms with E-state index in [0.29, 0.717) is 24.5 Å². The highest BCUT2D eigenvalue weighted by molar-refractivity contribution is 5.78. The molecule has 0 aliphatic carbocycles. The maximum absolute atomic E-state index is 12.2. The lowest BCUT2D eigenvalue weighted by Crippen LogP contribution is -2.24. The quantitative estimate of drug-likeness (QED) is 0.711. The van der Waals surface area contributed by atoms with Crippen molar-refractivity contribution in [2.75, 3.05) is 14.2 Å². The number of aromatic nitrogens is 1. The predicted molar refractivity (Wildman–Crippen MR) is 101 cm³/mol. The number of amides is 1. The van der Waals surface area contributed by atoms with Crippen molar-refractivity contribution in [1.82, 2.24) is 9.88 Å². The fraction of sp³-hybridized carbons (Fsp3) is 0.190. The Kier molecular flexibility index (Phi) is 5.59. The molecule has 0 fully saturated rings. The van der Waals surface area contributed by atoms with Gasteiger partial charge in [0.2, 0.25) is 5.91 Å². The van der Waals surface area contributed by atoms with E-state index >= 15 is 0 Å². The molecule has 0 atom stereocenters. The predicted octanol–water partition coefficient (Wildman–Crippen LogP) is 3.35. The van der Waals surface area contributed by atoms with Crippen molar-refractivity contribution in [3.05, 3.63) is 78.1 Å². The first-order valence-electron chi connectivity index (χ1n) is 8.39. The molecule has 0 saturated heterocycles. The number of methoxy groups -OCH3 is 2. The Morgan fingerprint density at radius 2 is 1.54 bits per heavy atom. The molecule has 0 aliphatic heterocycles. The van der Waals surface area contributed by atoms with E-state index < -0.39 is 0 Å². The van der Waals surface area contributed by atoms with Gasteiger partial charge in [0.25, 0.3) is 0 Å². The van der Waals surface area contributed by atoms with Gasteiger partial charge in [0.05, 0.1) is 20.6 Å². The molecule has 0 aliphatic rings. The van der Waals surface area contributed by atoms with Crippen LogP contribution in [0.5, 0.6) is 11.5 Å². The molecular weight excluding hydrogens is 328 g/mol. The van der Waals surface area contributed by atoms with Gasteiger partial charge in [-0.25, -0.2) is 0 Å². The summed E-state index contributed by atoms with van der Waals surface area (Å²) in [5, 5.41) is 2.94. The Bertz CT molecular complexity index is 833. The molecule has 1 heterocycles. The van der Waals surface area contributed by atoms with Crippen LogP contribution in [-0.2, 0) is 17.8 Å². The second-order valence-electron chi connectivity index (χ2n) is 5.93. The van der Waals surface area contributed by atoms with Crippen molar-refractivity contribution in [3.63, 3.8) is 0 Å². The average molecular weight is 350 g/mol. The van der Waals surface area contributed by atoms with Crippen molar-refractivity contribution in [2.24, 2.45) is 0 Å². The molecule has 1 amide bonds. The van der Waals surface area contributed by atoms with E-state index in [-0.39, 0.29) is 5.91 Å². The standard InChI is InChI=1S/C21H22N2O3/c1-25-19-11-17(12-20(14-19)26-2)15-22-21(24)13-16-5-7-18(8-6-16)23-9-3-4-10-23/h3-12,14H,13,15H2,1-2H3,(H,22,24). The summed E-state index contributed by atoms with van der Waals surface area (Å²) in [5.74, 6) is 1.38. The number of carbonyl (C=O) groups excluding carboxylic acids is 1. The number of nitrogens with one attached hydrogen (secondary N) is 1. The summed E-state index contributed by atoms with van der Waals surface area (Å²) in [4.78, 5) is 12.2. The Balaban J connectivity index is 1.57. The summed E-state index contributed by atoms with van der Waals surface area (Å²) in [6.07, 6.45) is 4.32. The maximum Gasteiger partial charge on any atom is 0.224 e. The summed E-state index contributed by atoms with van der Waals surface area (Å²) in [6.45, 7) is 0.424. The average Bonchev–Trinajstić information content (AvgIpc) is 3.21. The highest BCUT2D eigenvalue weighted by atomic mass is 16.5. The topological polar surface area (TPSA) is 52.5 Å². The zero-order valence-electron chi connectivity index (χ0n) is 14.9. The second-order valence-corrected chi connectivity index (χ2v) is 5.93. The normalized spacial score (nSPS) is 10.4. The molecule has 0 spiro atoms. The van der Waals surface area contributed by atoms with Gasteiger partial charge in [-0.05, 0) is 47.5 Å². The monoisotopic (exact) mass is 350 g/mol. The Labute approximate surface area is 153 Å². The lowest BCUT2D eigenvalue weighted by molar-refractivity contribution is -0.120. The molecular formula is C21H22N2O3. The minimum absolute atomic E-state index is 0.0273. The minimum atomic E-state index is -0.0273. The van der Waals surface area contributed by atoms with Crippen LogP contribution < -0.4 is 14.8 Å². The van der Waals surface area contributed by atoms with Crippen LogP contribution in [0, 0.1) is 0 Å². The van der Waals surface area contributed by atoms with Crippen LogP contribution in [0.25, 0.3) is 5.69 Å². The molecule has 3 aromatic rings. The second kappa shape index (κ2) is 8.25. The highest BCUT2D eigenvalue weighted by Crippen LogP contribution is 2.22. The zero-order valence-corrected chi connectivity index (χ0v) is 14.9.